The lowest BCUT2D eigenvalue weighted by Crippen LogP contribution is -2.22. The van der Waals surface area contributed by atoms with Crippen molar-refractivity contribution in [2.75, 3.05) is 6.54 Å². The van der Waals surface area contributed by atoms with Crippen molar-refractivity contribution in [3.8, 4) is 0 Å². The predicted molar refractivity (Wildman–Crippen MR) is 83.7 cm³/mol. The van der Waals surface area contributed by atoms with Gasteiger partial charge in [-0.1, -0.05) is 44.8 Å². The first-order valence-corrected chi connectivity index (χ1v) is 7.74. The first kappa shape index (κ1) is 15.6. The van der Waals surface area contributed by atoms with E-state index in [1.54, 1.807) is 6.07 Å². The topological polar surface area (TPSA) is 12.0 Å². The van der Waals surface area contributed by atoms with Gasteiger partial charge in [0.2, 0.25) is 0 Å². The first-order chi connectivity index (χ1) is 9.51. The van der Waals surface area contributed by atoms with Crippen LogP contribution < -0.4 is 5.32 Å². The van der Waals surface area contributed by atoms with Crippen LogP contribution in [0.1, 0.15) is 24.1 Å². The standard InChI is InChI=1S/C15H13Br2F2N/c1-2-20-15(9-3-4-13(18)14(19)7-9)10-5-11(16)8-12(17)6-10/h3-8,15,20H,2H2,1H3. The van der Waals surface area contributed by atoms with Crippen LogP contribution in [0.15, 0.2) is 45.3 Å². The van der Waals surface area contributed by atoms with Crippen LogP contribution in [0, 0.1) is 11.6 Å². The van der Waals surface area contributed by atoms with Gasteiger partial charge in [0.25, 0.3) is 0 Å². The van der Waals surface area contributed by atoms with Crippen molar-refractivity contribution in [2.45, 2.75) is 13.0 Å². The minimum atomic E-state index is -0.834. The third-order valence-corrected chi connectivity index (χ3v) is 3.82. The number of hydrogen-bond acceptors (Lipinski definition) is 1. The fourth-order valence-corrected chi connectivity index (χ4v) is 3.40. The molecule has 1 nitrogen and oxygen atoms in total. The highest BCUT2D eigenvalue weighted by Gasteiger charge is 2.16. The van der Waals surface area contributed by atoms with Crippen molar-refractivity contribution in [2.24, 2.45) is 0 Å². The van der Waals surface area contributed by atoms with E-state index in [9.17, 15) is 8.78 Å². The minimum Gasteiger partial charge on any atom is -0.307 e. The lowest BCUT2D eigenvalue weighted by molar-refractivity contribution is 0.504. The third-order valence-electron chi connectivity index (χ3n) is 2.90. The molecule has 2 rings (SSSR count). The lowest BCUT2D eigenvalue weighted by Gasteiger charge is -2.20. The van der Waals surface area contributed by atoms with Gasteiger partial charge in [0.15, 0.2) is 11.6 Å². The summed E-state index contributed by atoms with van der Waals surface area (Å²) in [6.45, 7) is 2.69. The largest absolute Gasteiger partial charge is 0.307 e. The zero-order valence-electron chi connectivity index (χ0n) is 10.8. The van der Waals surface area contributed by atoms with E-state index in [1.807, 2.05) is 25.1 Å². The Morgan fingerprint density at radius 2 is 1.60 bits per heavy atom. The number of halogens is 4. The summed E-state index contributed by atoms with van der Waals surface area (Å²) in [7, 11) is 0. The molecule has 0 heterocycles. The quantitative estimate of drug-likeness (QED) is 0.739. The average Bonchev–Trinajstić information content (AvgIpc) is 2.38. The Labute approximate surface area is 133 Å². The van der Waals surface area contributed by atoms with Crippen LogP contribution in [0.25, 0.3) is 0 Å². The lowest BCUT2D eigenvalue weighted by atomic mass is 9.98. The number of rotatable bonds is 4. The van der Waals surface area contributed by atoms with Gasteiger partial charge in [0.05, 0.1) is 6.04 Å². The molecule has 0 spiro atoms. The van der Waals surface area contributed by atoms with Crippen molar-refractivity contribution in [3.63, 3.8) is 0 Å². The maximum Gasteiger partial charge on any atom is 0.159 e. The smallest absolute Gasteiger partial charge is 0.159 e. The molecule has 0 bridgehead atoms. The molecule has 0 radical (unpaired) electrons. The van der Waals surface area contributed by atoms with Crippen molar-refractivity contribution in [1.82, 2.24) is 5.32 Å². The monoisotopic (exact) mass is 403 g/mol. The van der Waals surface area contributed by atoms with Crippen molar-refractivity contribution in [1.29, 1.82) is 0 Å². The van der Waals surface area contributed by atoms with Gasteiger partial charge in [-0.25, -0.2) is 8.78 Å². The van der Waals surface area contributed by atoms with Crippen molar-refractivity contribution < 1.29 is 8.78 Å². The van der Waals surface area contributed by atoms with E-state index in [1.165, 1.54) is 6.07 Å². The van der Waals surface area contributed by atoms with Gasteiger partial charge in [0.1, 0.15) is 0 Å². The summed E-state index contributed by atoms with van der Waals surface area (Å²) in [4.78, 5) is 0. The van der Waals surface area contributed by atoms with Crippen LogP contribution in [0.2, 0.25) is 0 Å². The number of hydrogen-bond donors (Lipinski definition) is 1. The molecule has 0 amide bonds. The second-order valence-electron chi connectivity index (χ2n) is 4.37. The predicted octanol–water partition coefficient (Wildman–Crippen LogP) is 5.19. The zero-order valence-corrected chi connectivity index (χ0v) is 13.9. The van der Waals surface area contributed by atoms with E-state index in [2.05, 4.69) is 37.2 Å². The summed E-state index contributed by atoms with van der Waals surface area (Å²) in [5, 5.41) is 3.29. The molecule has 1 N–H and O–H groups in total. The zero-order chi connectivity index (χ0) is 14.7. The molecule has 20 heavy (non-hydrogen) atoms. The second kappa shape index (κ2) is 6.78. The Morgan fingerprint density at radius 3 is 2.15 bits per heavy atom. The fourth-order valence-electron chi connectivity index (χ4n) is 2.07. The Morgan fingerprint density at radius 1 is 0.950 bits per heavy atom. The van der Waals surface area contributed by atoms with Crippen molar-refractivity contribution in [3.05, 3.63) is 68.1 Å². The minimum absolute atomic E-state index is 0.191. The molecular weight excluding hydrogens is 392 g/mol. The van der Waals surface area contributed by atoms with Gasteiger partial charge < -0.3 is 5.32 Å². The highest BCUT2D eigenvalue weighted by molar-refractivity contribution is 9.11. The van der Waals surface area contributed by atoms with Gasteiger partial charge in [-0.2, -0.15) is 0 Å². The van der Waals surface area contributed by atoms with Crippen molar-refractivity contribution >= 4 is 31.9 Å². The van der Waals surface area contributed by atoms with Gasteiger partial charge in [-0.15, -0.1) is 0 Å². The van der Waals surface area contributed by atoms with E-state index in [-0.39, 0.29) is 6.04 Å². The van der Waals surface area contributed by atoms with E-state index in [0.29, 0.717) is 12.1 Å². The fraction of sp³-hybridized carbons (Fsp3) is 0.200. The SMILES string of the molecule is CCNC(c1cc(Br)cc(Br)c1)c1ccc(F)c(F)c1. The average molecular weight is 405 g/mol. The van der Waals surface area contributed by atoms with Crippen LogP contribution in [-0.2, 0) is 0 Å². The van der Waals surface area contributed by atoms with Gasteiger partial charge >= 0.3 is 0 Å². The van der Waals surface area contributed by atoms with E-state index in [4.69, 9.17) is 0 Å². The summed E-state index contributed by atoms with van der Waals surface area (Å²) in [5.41, 5.74) is 1.66. The second-order valence-corrected chi connectivity index (χ2v) is 6.20. The Balaban J connectivity index is 2.46. The molecule has 1 atom stereocenters. The Hall–Kier alpha value is -0.780. The molecule has 0 saturated carbocycles. The Bertz CT molecular complexity index is 597. The molecule has 0 aliphatic rings. The molecule has 0 aromatic heterocycles. The van der Waals surface area contributed by atoms with Crippen LogP contribution in [-0.4, -0.2) is 6.54 Å². The molecular formula is C15H13Br2F2N. The van der Waals surface area contributed by atoms with Crippen LogP contribution in [0.5, 0.6) is 0 Å². The summed E-state index contributed by atoms with van der Waals surface area (Å²) in [5.74, 6) is -1.67. The maximum absolute atomic E-state index is 13.4. The highest BCUT2D eigenvalue weighted by atomic mass is 79.9. The van der Waals surface area contributed by atoms with Crippen LogP contribution >= 0.6 is 31.9 Å². The Kier molecular flexibility index (Phi) is 5.29. The van der Waals surface area contributed by atoms with E-state index >= 15 is 0 Å². The molecule has 2 aromatic carbocycles. The molecule has 5 heteroatoms. The first-order valence-electron chi connectivity index (χ1n) is 6.15. The summed E-state index contributed by atoms with van der Waals surface area (Å²) in [6.07, 6.45) is 0. The van der Waals surface area contributed by atoms with Gasteiger partial charge in [-0.3, -0.25) is 0 Å². The molecule has 106 valence electrons. The summed E-state index contributed by atoms with van der Waals surface area (Å²) < 4.78 is 28.3. The summed E-state index contributed by atoms with van der Waals surface area (Å²) in [6, 6.07) is 9.64. The maximum atomic E-state index is 13.4. The molecule has 0 aliphatic heterocycles. The highest BCUT2D eigenvalue weighted by Crippen LogP contribution is 2.29. The normalized spacial score (nSPS) is 12.4. The molecule has 0 fully saturated rings. The van der Waals surface area contributed by atoms with Gasteiger partial charge in [0, 0.05) is 8.95 Å². The molecule has 2 aromatic rings. The number of benzene rings is 2. The van der Waals surface area contributed by atoms with Crippen LogP contribution in [0.4, 0.5) is 8.78 Å². The van der Waals surface area contributed by atoms with E-state index < -0.39 is 11.6 Å². The van der Waals surface area contributed by atoms with E-state index in [0.717, 1.165) is 20.6 Å². The molecule has 0 aliphatic carbocycles. The molecule has 1 unspecified atom stereocenters. The van der Waals surface area contributed by atoms with Crippen LogP contribution in [0.3, 0.4) is 0 Å². The number of nitrogens with one attached hydrogen (secondary N) is 1. The third kappa shape index (κ3) is 3.65. The van der Waals surface area contributed by atoms with Gasteiger partial charge in [-0.05, 0) is 48.0 Å². The molecule has 0 saturated heterocycles. The summed E-state index contributed by atoms with van der Waals surface area (Å²) >= 11 is 6.88.